The second kappa shape index (κ2) is 8.35. The number of rotatable bonds is 5. The average Bonchev–Trinajstić information content (AvgIpc) is 3.28. The molecule has 0 aliphatic carbocycles. The molecule has 142 valence electrons. The third-order valence-corrected chi connectivity index (χ3v) is 5.39. The Kier molecular flexibility index (Phi) is 5.47. The molecule has 0 spiro atoms. The van der Waals surface area contributed by atoms with Crippen LogP contribution >= 0.6 is 22.9 Å². The van der Waals surface area contributed by atoms with Crippen LogP contribution < -0.4 is 5.32 Å². The maximum atomic E-state index is 12.7. The average molecular weight is 420 g/mol. The number of thiazole rings is 1. The van der Waals surface area contributed by atoms with E-state index in [1.165, 1.54) is 0 Å². The highest BCUT2D eigenvalue weighted by molar-refractivity contribution is 7.13. The molecule has 1 unspecified atom stereocenters. The highest BCUT2D eigenvalue weighted by Crippen LogP contribution is 2.25. The molecule has 0 aliphatic heterocycles. The van der Waals surface area contributed by atoms with Crippen LogP contribution in [0.25, 0.3) is 21.6 Å². The fourth-order valence-corrected chi connectivity index (χ4v) is 3.77. The van der Waals surface area contributed by atoms with Gasteiger partial charge in [0.15, 0.2) is 11.1 Å². The van der Waals surface area contributed by atoms with Crippen molar-refractivity contribution >= 4 is 39.9 Å². The van der Waals surface area contributed by atoms with E-state index in [9.17, 15) is 10.1 Å². The van der Waals surface area contributed by atoms with Gasteiger partial charge in [-0.15, -0.1) is 11.3 Å². The molecule has 0 bridgehead atoms. The highest BCUT2D eigenvalue weighted by atomic mass is 35.5. The van der Waals surface area contributed by atoms with E-state index >= 15 is 0 Å². The summed E-state index contributed by atoms with van der Waals surface area (Å²) in [5.41, 5.74) is 3.22. The van der Waals surface area contributed by atoms with Crippen LogP contribution in [0.5, 0.6) is 0 Å². The summed E-state index contributed by atoms with van der Waals surface area (Å²) in [6, 6.07) is 16.9. The number of aromatic nitrogens is 3. The second-order valence-electron chi connectivity index (χ2n) is 6.21. The summed E-state index contributed by atoms with van der Waals surface area (Å²) in [4.78, 5) is 25.6. The van der Waals surface area contributed by atoms with E-state index in [2.05, 4.69) is 20.3 Å². The lowest BCUT2D eigenvalue weighted by Crippen LogP contribution is -2.29. The zero-order valence-corrected chi connectivity index (χ0v) is 16.6. The summed E-state index contributed by atoms with van der Waals surface area (Å²) in [5.74, 6) is -1.62. The molecule has 0 aliphatic rings. The van der Waals surface area contributed by atoms with Crippen molar-refractivity contribution in [1.82, 2.24) is 20.3 Å². The molecule has 4 aromatic rings. The molecule has 1 N–H and O–H groups in total. The zero-order valence-electron chi connectivity index (χ0n) is 15.0. The number of hydrogen-bond acceptors (Lipinski definition) is 6. The lowest BCUT2D eigenvalue weighted by molar-refractivity contribution is -0.121. The summed E-state index contributed by atoms with van der Waals surface area (Å²) in [6.45, 7) is 0.273. The van der Waals surface area contributed by atoms with Gasteiger partial charge in [0.1, 0.15) is 10.7 Å². The number of carbonyl (C=O) groups is 1. The molecule has 0 radical (unpaired) electrons. The molecule has 0 saturated heterocycles. The second-order valence-corrected chi connectivity index (χ2v) is 7.46. The molecular weight excluding hydrogens is 406 g/mol. The van der Waals surface area contributed by atoms with Crippen LogP contribution in [0.2, 0.25) is 5.15 Å². The van der Waals surface area contributed by atoms with E-state index in [1.807, 2.05) is 47.8 Å². The van der Waals surface area contributed by atoms with E-state index in [4.69, 9.17) is 11.6 Å². The van der Waals surface area contributed by atoms with E-state index in [0.717, 1.165) is 16.1 Å². The fourth-order valence-electron chi connectivity index (χ4n) is 2.89. The Morgan fingerprint density at radius 1 is 1.17 bits per heavy atom. The standard InChI is InChI=1S/C21H14ClN5OS/c22-19-18(26-16-6-1-2-7-17(16)27-19)15(11-23)20(28)25-12-13-4-3-5-14(10-13)21-24-8-9-29-21/h1-10,15H,12H2,(H,25,28). The maximum absolute atomic E-state index is 12.7. The molecule has 29 heavy (non-hydrogen) atoms. The number of halogens is 1. The van der Waals surface area contributed by atoms with Gasteiger partial charge in [-0.2, -0.15) is 5.26 Å². The van der Waals surface area contributed by atoms with Crippen LogP contribution in [0.1, 0.15) is 17.2 Å². The third-order valence-electron chi connectivity index (χ3n) is 4.29. The predicted molar refractivity (Wildman–Crippen MR) is 112 cm³/mol. The van der Waals surface area contributed by atoms with Crippen LogP contribution in [-0.2, 0) is 11.3 Å². The first kappa shape index (κ1) is 19.0. The molecule has 1 amide bonds. The maximum Gasteiger partial charge on any atom is 0.243 e. The molecule has 1 atom stereocenters. The number of nitrogens with one attached hydrogen (secondary N) is 1. The summed E-state index contributed by atoms with van der Waals surface area (Å²) in [6.07, 6.45) is 1.75. The summed E-state index contributed by atoms with van der Waals surface area (Å²) in [5, 5.41) is 15.2. The Hall–Kier alpha value is -3.34. The van der Waals surface area contributed by atoms with Gasteiger partial charge < -0.3 is 5.32 Å². The SMILES string of the molecule is N#CC(C(=O)NCc1cccc(-c2nccs2)c1)c1nc2ccccc2nc1Cl. The normalized spacial score (nSPS) is 11.7. The van der Waals surface area contributed by atoms with Gasteiger partial charge in [-0.05, 0) is 23.8 Å². The number of para-hydroxylation sites is 2. The number of hydrogen-bond donors (Lipinski definition) is 1. The number of benzene rings is 2. The smallest absolute Gasteiger partial charge is 0.243 e. The summed E-state index contributed by atoms with van der Waals surface area (Å²) in [7, 11) is 0. The highest BCUT2D eigenvalue weighted by Gasteiger charge is 2.25. The quantitative estimate of drug-likeness (QED) is 0.519. The lowest BCUT2D eigenvalue weighted by Gasteiger charge is -2.12. The van der Waals surface area contributed by atoms with Gasteiger partial charge in [-0.3, -0.25) is 4.79 Å². The van der Waals surface area contributed by atoms with E-state index in [-0.39, 0.29) is 17.4 Å². The molecule has 8 heteroatoms. The number of nitriles is 1. The molecule has 4 rings (SSSR count). The Morgan fingerprint density at radius 2 is 1.97 bits per heavy atom. The van der Waals surface area contributed by atoms with Gasteiger partial charge in [-0.1, -0.05) is 41.9 Å². The van der Waals surface area contributed by atoms with Gasteiger partial charge in [-0.25, -0.2) is 15.0 Å². The van der Waals surface area contributed by atoms with Crippen molar-refractivity contribution in [2.24, 2.45) is 0 Å². The van der Waals surface area contributed by atoms with E-state index in [0.29, 0.717) is 11.0 Å². The van der Waals surface area contributed by atoms with Crippen LogP contribution in [0.4, 0.5) is 0 Å². The van der Waals surface area contributed by atoms with Gasteiger partial charge in [0, 0.05) is 23.7 Å². The largest absolute Gasteiger partial charge is 0.351 e. The van der Waals surface area contributed by atoms with Crippen molar-refractivity contribution in [3.8, 4) is 16.6 Å². The van der Waals surface area contributed by atoms with Crippen LogP contribution in [-0.4, -0.2) is 20.9 Å². The molecule has 0 saturated carbocycles. The molecular formula is C21H14ClN5OS. The Morgan fingerprint density at radius 3 is 2.69 bits per heavy atom. The minimum Gasteiger partial charge on any atom is -0.351 e. The predicted octanol–water partition coefficient (Wildman–Crippen LogP) is 4.33. The first-order chi connectivity index (χ1) is 14.2. The first-order valence-electron chi connectivity index (χ1n) is 8.74. The van der Waals surface area contributed by atoms with Gasteiger partial charge in [0.25, 0.3) is 0 Å². The molecule has 6 nitrogen and oxygen atoms in total. The number of nitrogens with zero attached hydrogens (tertiary/aromatic N) is 4. The van der Waals surface area contributed by atoms with E-state index < -0.39 is 11.8 Å². The van der Waals surface area contributed by atoms with Crippen molar-refractivity contribution in [2.45, 2.75) is 12.5 Å². The number of amides is 1. The molecule has 0 fully saturated rings. The van der Waals surface area contributed by atoms with E-state index in [1.54, 1.807) is 29.7 Å². The molecule has 2 aromatic heterocycles. The lowest BCUT2D eigenvalue weighted by atomic mass is 10.1. The van der Waals surface area contributed by atoms with Crippen LogP contribution in [0.15, 0.2) is 60.1 Å². The fraction of sp³-hybridized carbons (Fsp3) is 0.0952. The molecule has 2 aromatic carbocycles. The third kappa shape index (κ3) is 4.09. The van der Waals surface area contributed by atoms with Gasteiger partial charge in [0.05, 0.1) is 17.1 Å². The minimum absolute atomic E-state index is 0.0520. The zero-order chi connectivity index (χ0) is 20.2. The topological polar surface area (TPSA) is 91.6 Å². The van der Waals surface area contributed by atoms with Crippen molar-refractivity contribution in [3.63, 3.8) is 0 Å². The minimum atomic E-state index is -1.15. The van der Waals surface area contributed by atoms with Crippen molar-refractivity contribution in [1.29, 1.82) is 5.26 Å². The number of carbonyl (C=O) groups excluding carboxylic acids is 1. The molecule has 2 heterocycles. The van der Waals surface area contributed by atoms with Crippen LogP contribution in [0, 0.1) is 11.3 Å². The first-order valence-corrected chi connectivity index (χ1v) is 10.00. The Labute approximate surface area is 175 Å². The summed E-state index contributed by atoms with van der Waals surface area (Å²) < 4.78 is 0. The van der Waals surface area contributed by atoms with Gasteiger partial charge >= 0.3 is 0 Å². The number of fused-ring (bicyclic) bond motifs is 1. The monoisotopic (exact) mass is 419 g/mol. The van der Waals surface area contributed by atoms with Crippen molar-refractivity contribution in [2.75, 3.05) is 0 Å². The van der Waals surface area contributed by atoms with Crippen molar-refractivity contribution < 1.29 is 4.79 Å². The Bertz CT molecular complexity index is 1220. The Balaban J connectivity index is 1.53. The van der Waals surface area contributed by atoms with Crippen LogP contribution in [0.3, 0.4) is 0 Å². The van der Waals surface area contributed by atoms with Crippen molar-refractivity contribution in [3.05, 3.63) is 76.5 Å². The van der Waals surface area contributed by atoms with Gasteiger partial charge in [0.2, 0.25) is 5.91 Å². The summed E-state index contributed by atoms with van der Waals surface area (Å²) >= 11 is 7.75.